The van der Waals surface area contributed by atoms with Gasteiger partial charge in [0, 0.05) is 173 Å². The van der Waals surface area contributed by atoms with Crippen LogP contribution in [0.2, 0.25) is 0 Å². The van der Waals surface area contributed by atoms with Crippen LogP contribution in [0.4, 0.5) is 0 Å². The third-order valence-electron chi connectivity index (χ3n) is 17.6. The average molecular weight is 2550 g/mol. The molecule has 635 valence electrons. The van der Waals surface area contributed by atoms with Gasteiger partial charge >= 0.3 is 0 Å². The molecule has 0 fully saturated rings. The molecule has 0 bridgehead atoms. The number of hydrogen-bond donors (Lipinski definition) is 3. The molecule has 0 spiro atoms. The van der Waals surface area contributed by atoms with Gasteiger partial charge in [-0.2, -0.15) is 23.8 Å². The van der Waals surface area contributed by atoms with Crippen LogP contribution in [0, 0.1) is 30.3 Å². The summed E-state index contributed by atoms with van der Waals surface area (Å²) in [7, 11) is 0. The Kier molecular flexibility index (Phi) is 43.7. The van der Waals surface area contributed by atoms with Gasteiger partial charge in [-0.05, 0) is 179 Å². The van der Waals surface area contributed by atoms with Gasteiger partial charge in [0.05, 0.1) is 28.7 Å². The van der Waals surface area contributed by atoms with Crippen molar-refractivity contribution in [1.29, 1.82) is 0 Å². The van der Waals surface area contributed by atoms with Gasteiger partial charge in [0.1, 0.15) is 0 Å². The van der Waals surface area contributed by atoms with Crippen molar-refractivity contribution in [2.75, 3.05) is 0 Å². The Morgan fingerprint density at radius 1 is 0.288 bits per heavy atom. The summed E-state index contributed by atoms with van der Waals surface area (Å²) >= 11 is 1.67. The first-order valence-corrected chi connectivity index (χ1v) is 39.1. The molecule has 125 heavy (non-hydrogen) atoms. The van der Waals surface area contributed by atoms with Gasteiger partial charge < -0.3 is 40.2 Å². The van der Waals surface area contributed by atoms with Gasteiger partial charge in [0.25, 0.3) is 0 Å². The molecule has 0 aliphatic rings. The molecule has 5 radical (unpaired) electrons. The van der Waals surface area contributed by atoms with Crippen LogP contribution in [0.25, 0.3) is 142 Å². The maximum Gasteiger partial charge on any atom is 0.155 e. The van der Waals surface area contributed by atoms with Crippen molar-refractivity contribution in [2.24, 2.45) is 0 Å². The number of ketones is 3. The van der Waals surface area contributed by atoms with Crippen molar-refractivity contribution in [3.8, 4) is 67.0 Å². The molecule has 0 saturated carbocycles. The van der Waals surface area contributed by atoms with Crippen LogP contribution in [0.3, 0.4) is 0 Å². The van der Waals surface area contributed by atoms with Gasteiger partial charge in [-0.25, -0.2) is 11.3 Å². The number of pyridine rings is 8. The van der Waals surface area contributed by atoms with Crippen molar-refractivity contribution < 1.29 is 130 Å². The minimum absolute atomic E-state index is 0. The number of aliphatic hydroxyl groups excluding tert-OH is 3. The summed E-state index contributed by atoms with van der Waals surface area (Å²) in [5.74, 6) is -0.187. The summed E-state index contributed by atoms with van der Waals surface area (Å²) in [5.41, 5.74) is 10.9. The van der Waals surface area contributed by atoms with Crippen LogP contribution in [0.1, 0.15) is 41.5 Å². The van der Waals surface area contributed by atoms with Crippen molar-refractivity contribution in [2.45, 2.75) is 41.5 Å². The summed E-state index contributed by atoms with van der Waals surface area (Å²) in [6.45, 7) is 8.54. The number of carbonyl (C=O) groups is 3. The van der Waals surface area contributed by atoms with E-state index in [-0.39, 0.29) is 135 Å². The quantitative estimate of drug-likeness (QED) is 0.0696. The van der Waals surface area contributed by atoms with Crippen LogP contribution >= 0.6 is 11.3 Å². The SMILES string of the molecule is CC(=O)C=C(C)O.CC(=O)C=C(C)O.CC(=O)C=C(C)O.[Ir].[Ir].[Ir].[Ir].[Ir].[c-]1cc2ccccc2cc1-c1nccc2ccccc12.[c-]1ccccc1-c1ccccn1.[c-]1ccccc1-c1nccc2ccccc12.[c-]1ccsc1-c1nccc2ccccc12.[c-]1cnccc1-c1nccc2ccccc12.c1ccc2cc(-c3nccc4ccccc34)ncc2c1. The van der Waals surface area contributed by atoms with E-state index in [0.29, 0.717) is 0 Å². The predicted molar refractivity (Wildman–Crippen MR) is 489 cm³/mol. The number of allylic oxidation sites excluding steroid dienone is 6. The van der Waals surface area contributed by atoms with Crippen LogP contribution in [0.15, 0.2) is 394 Å². The van der Waals surface area contributed by atoms with Gasteiger partial charge in [-0.1, -0.05) is 192 Å². The van der Waals surface area contributed by atoms with Gasteiger partial charge in [-0.15, -0.1) is 112 Å². The molecule has 19 rings (SSSR count). The Bertz CT molecular complexity index is 6290. The second-order valence-corrected chi connectivity index (χ2v) is 27.7. The Morgan fingerprint density at radius 3 is 1.05 bits per heavy atom. The normalized spacial score (nSPS) is 10.3. The topological polar surface area (TPSA) is 215 Å². The van der Waals surface area contributed by atoms with Crippen molar-refractivity contribution in [3.63, 3.8) is 0 Å². The number of aromatic nitrogens is 8. The molecule has 9 aromatic heterocycles. The predicted octanol–water partition coefficient (Wildman–Crippen LogP) is 25.5. The number of benzene rings is 10. The minimum atomic E-state index is -0.125. The van der Waals surface area contributed by atoms with E-state index in [0.717, 1.165) is 83.1 Å². The molecule has 9 heterocycles. The van der Waals surface area contributed by atoms with E-state index in [1.165, 1.54) is 119 Å². The number of carbonyl (C=O) groups excluding carboxylic acids is 3. The molecular formula is C105H83Ir5N8O6S-5. The zero-order valence-electron chi connectivity index (χ0n) is 68.5. The zero-order chi connectivity index (χ0) is 84.2. The van der Waals surface area contributed by atoms with Crippen molar-refractivity contribution in [1.82, 2.24) is 39.9 Å². The third kappa shape index (κ3) is 31.2. The maximum absolute atomic E-state index is 10.0. The van der Waals surface area contributed by atoms with E-state index >= 15 is 0 Å². The molecule has 14 nitrogen and oxygen atoms in total. The first-order chi connectivity index (χ1) is 58.5. The fourth-order valence-electron chi connectivity index (χ4n) is 12.4. The fourth-order valence-corrected chi connectivity index (χ4v) is 13.1. The second kappa shape index (κ2) is 53.7. The molecule has 0 amide bonds. The van der Waals surface area contributed by atoms with Gasteiger partial charge in [0.2, 0.25) is 0 Å². The van der Waals surface area contributed by atoms with E-state index in [1.807, 2.05) is 225 Å². The molecule has 19 aromatic rings. The Labute approximate surface area is 799 Å². The maximum atomic E-state index is 10.0. The van der Waals surface area contributed by atoms with E-state index in [1.54, 1.807) is 29.9 Å². The van der Waals surface area contributed by atoms with Crippen LogP contribution in [-0.4, -0.2) is 72.5 Å². The third-order valence-corrected chi connectivity index (χ3v) is 18.4. The van der Waals surface area contributed by atoms with Crippen LogP contribution in [-0.2, 0) is 115 Å². The Balaban J connectivity index is 0.000000221. The molecule has 0 unspecified atom stereocenters. The zero-order valence-corrected chi connectivity index (χ0v) is 81.3. The number of rotatable bonds is 9. The van der Waals surface area contributed by atoms with Crippen LogP contribution in [0.5, 0.6) is 0 Å². The summed E-state index contributed by atoms with van der Waals surface area (Å²) in [6, 6.07) is 116. The Hall–Kier alpha value is -12.2. The summed E-state index contributed by atoms with van der Waals surface area (Å²) in [6.07, 6.45) is 19.9. The summed E-state index contributed by atoms with van der Waals surface area (Å²) in [5, 5.41) is 43.7. The van der Waals surface area contributed by atoms with E-state index < -0.39 is 0 Å². The second-order valence-electron chi connectivity index (χ2n) is 26.8. The molecule has 0 atom stereocenters. The van der Waals surface area contributed by atoms with Crippen LogP contribution < -0.4 is 0 Å². The molecular weight excluding hydrogens is 2460 g/mol. The monoisotopic (exact) mass is 2550 g/mol. The van der Waals surface area contributed by atoms with E-state index in [9.17, 15) is 14.4 Å². The minimum Gasteiger partial charge on any atom is -0.512 e. The van der Waals surface area contributed by atoms with Gasteiger partial charge in [0.15, 0.2) is 17.3 Å². The standard InChI is InChI=1S/C19H12N.C18H12N2.C15H10N.C14H9N2.C13H8NS.C11H8N.3C5H8O2.5Ir/c1-2-7-16-13-17(10-9-14(16)5-1)19-18-8-4-3-6-15(18)11-12-20-19;1-2-7-15-12-20-17(11-14(15)6-1)18-16-8-4-3-5-13(16)9-10-19-18;1-2-7-13(8-3-1)15-14-9-5-4-6-12(14)10-11-16-15;1-2-4-13-11(3-1)7-10-16-14(13)12-5-8-15-9-6-12;1-2-5-11-10(4-1)7-8-14-13(11)12-6-3-9-15-12;1-2-6-10(7-3-1)11-8-4-5-9-12-11;3*1-4(6)3-5(2)7;;;;;/h1-9,11-13H;1-12H;1-7,9-11H;1-5,7-10H;1-5,7-9H;1-6,8-9H;3*3,6H,1-2H3;;;;;/q-1;;4*-1;;;;;;;;. The summed E-state index contributed by atoms with van der Waals surface area (Å²) < 4.78 is 0. The number of thiophene rings is 1. The number of aliphatic hydroxyl groups is 3. The number of nitrogens with zero attached hydrogens (tertiary/aromatic N) is 8. The molecule has 3 N–H and O–H groups in total. The molecule has 20 heteroatoms. The first kappa shape index (κ1) is 102. The number of hydrogen-bond acceptors (Lipinski definition) is 15. The largest absolute Gasteiger partial charge is 0.512 e. The van der Waals surface area contributed by atoms with Crippen molar-refractivity contribution in [3.05, 3.63) is 424 Å². The van der Waals surface area contributed by atoms with E-state index in [4.69, 9.17) is 15.3 Å². The fraction of sp³-hybridized carbons (Fsp3) is 0.0571. The molecule has 0 aliphatic carbocycles. The summed E-state index contributed by atoms with van der Waals surface area (Å²) in [4.78, 5) is 66.3. The van der Waals surface area contributed by atoms with Crippen molar-refractivity contribution >= 4 is 104 Å². The Morgan fingerprint density at radius 2 is 0.656 bits per heavy atom. The first-order valence-electron chi connectivity index (χ1n) is 38.2. The molecule has 10 aromatic carbocycles. The molecule has 0 saturated heterocycles. The molecule has 0 aliphatic heterocycles. The smallest absolute Gasteiger partial charge is 0.155 e. The van der Waals surface area contributed by atoms with E-state index in [2.05, 4.69) is 185 Å². The average Bonchev–Trinajstić information content (AvgIpc) is 1.75. The number of fused-ring (bicyclic) bond motifs is 7. The van der Waals surface area contributed by atoms with Gasteiger partial charge in [-0.3, -0.25) is 29.3 Å².